The molecule has 3 amide bonds. The average Bonchev–Trinajstić information content (AvgIpc) is 3.13. The van der Waals surface area contributed by atoms with Crippen molar-refractivity contribution in [1.82, 2.24) is 20.2 Å². The Kier molecular flexibility index (Phi) is 7.35. The van der Waals surface area contributed by atoms with Crippen LogP contribution in [0.4, 0.5) is 18.0 Å². The summed E-state index contributed by atoms with van der Waals surface area (Å²) in [5, 5.41) is 4.74. The predicted molar refractivity (Wildman–Crippen MR) is 111 cm³/mol. The zero-order valence-electron chi connectivity index (χ0n) is 16.2. The van der Waals surface area contributed by atoms with Crippen molar-refractivity contribution in [3.8, 4) is 11.3 Å². The molecule has 6 nitrogen and oxygen atoms in total. The number of carbonyl (C=O) groups excluding carboxylic acids is 2. The molecule has 0 bridgehead atoms. The summed E-state index contributed by atoms with van der Waals surface area (Å²) in [4.78, 5) is 28.0. The van der Waals surface area contributed by atoms with E-state index in [4.69, 9.17) is 0 Å². The number of alkyl halides is 3. The Bertz CT molecular complexity index is 1020. The maximum Gasteiger partial charge on any atom is 0.406 e. The Morgan fingerprint density at radius 3 is 2.29 bits per heavy atom. The molecule has 162 valence electrons. The highest BCUT2D eigenvalue weighted by Crippen LogP contribution is 2.29. The lowest BCUT2D eigenvalue weighted by molar-refractivity contribution is -0.141. The third kappa shape index (κ3) is 6.88. The van der Waals surface area contributed by atoms with E-state index in [1.54, 1.807) is 30.3 Å². The second-order valence-corrected chi connectivity index (χ2v) is 7.44. The lowest BCUT2D eigenvalue weighted by Crippen LogP contribution is -2.40. The Balaban J connectivity index is 1.60. The first-order chi connectivity index (χ1) is 14.8. The smallest absolute Gasteiger partial charge is 0.334 e. The minimum Gasteiger partial charge on any atom is -0.334 e. The van der Waals surface area contributed by atoms with Gasteiger partial charge in [0.05, 0.1) is 17.6 Å². The van der Waals surface area contributed by atoms with Gasteiger partial charge in [-0.2, -0.15) is 13.2 Å². The molecular weight excluding hydrogens is 429 g/mol. The van der Waals surface area contributed by atoms with E-state index >= 15 is 0 Å². The van der Waals surface area contributed by atoms with Crippen LogP contribution in [0.1, 0.15) is 5.56 Å². The second kappa shape index (κ2) is 10.2. The standard InChI is InChI=1S/C21H19F3N4O2S/c22-21(23,24)14-28-17(16-9-5-2-6-10-16)12-26-20(28)31-13-18(29)27-19(30)25-11-15-7-3-1-4-8-15/h1-10,12H,11,13-14H2,(H2,25,27,29,30). The van der Waals surface area contributed by atoms with Crippen LogP contribution in [0.3, 0.4) is 0 Å². The molecule has 2 aromatic carbocycles. The molecule has 1 heterocycles. The Morgan fingerprint density at radius 1 is 1.00 bits per heavy atom. The van der Waals surface area contributed by atoms with Crippen molar-refractivity contribution in [3.05, 3.63) is 72.4 Å². The van der Waals surface area contributed by atoms with Crippen LogP contribution in [0.5, 0.6) is 0 Å². The monoisotopic (exact) mass is 448 g/mol. The van der Waals surface area contributed by atoms with Crippen LogP contribution >= 0.6 is 11.8 Å². The molecule has 0 aliphatic heterocycles. The van der Waals surface area contributed by atoms with Crippen molar-refractivity contribution < 1.29 is 22.8 Å². The summed E-state index contributed by atoms with van der Waals surface area (Å²) in [5.74, 6) is -0.902. The number of amides is 3. The van der Waals surface area contributed by atoms with E-state index in [0.29, 0.717) is 11.3 Å². The summed E-state index contributed by atoms with van der Waals surface area (Å²) in [5.41, 5.74) is 1.74. The van der Waals surface area contributed by atoms with Gasteiger partial charge in [-0.3, -0.25) is 10.1 Å². The number of urea groups is 1. The van der Waals surface area contributed by atoms with Gasteiger partial charge in [-0.15, -0.1) is 0 Å². The molecule has 2 N–H and O–H groups in total. The highest BCUT2D eigenvalue weighted by molar-refractivity contribution is 7.99. The quantitative estimate of drug-likeness (QED) is 0.531. The molecule has 0 saturated carbocycles. The van der Waals surface area contributed by atoms with E-state index in [1.165, 1.54) is 6.20 Å². The summed E-state index contributed by atoms with van der Waals surface area (Å²) in [6, 6.07) is 17.0. The van der Waals surface area contributed by atoms with Crippen molar-refractivity contribution >= 4 is 23.7 Å². The van der Waals surface area contributed by atoms with Gasteiger partial charge in [-0.05, 0) is 11.1 Å². The van der Waals surface area contributed by atoms with E-state index < -0.39 is 24.7 Å². The van der Waals surface area contributed by atoms with Crippen molar-refractivity contribution in [2.75, 3.05) is 5.75 Å². The first-order valence-corrected chi connectivity index (χ1v) is 10.2. The summed E-state index contributed by atoms with van der Waals surface area (Å²) in [7, 11) is 0. The number of aromatic nitrogens is 2. The van der Waals surface area contributed by atoms with Gasteiger partial charge >= 0.3 is 12.2 Å². The number of hydrogen-bond acceptors (Lipinski definition) is 4. The fourth-order valence-corrected chi connectivity index (χ4v) is 3.54. The van der Waals surface area contributed by atoms with E-state index in [2.05, 4.69) is 15.6 Å². The number of imidazole rings is 1. The Morgan fingerprint density at radius 2 is 1.65 bits per heavy atom. The van der Waals surface area contributed by atoms with Gasteiger partial charge in [-0.25, -0.2) is 9.78 Å². The minimum absolute atomic E-state index is 0.0380. The van der Waals surface area contributed by atoms with E-state index in [-0.39, 0.29) is 17.5 Å². The largest absolute Gasteiger partial charge is 0.406 e. The zero-order valence-corrected chi connectivity index (χ0v) is 17.0. The van der Waals surface area contributed by atoms with Gasteiger partial charge in [0.25, 0.3) is 0 Å². The molecule has 3 rings (SSSR count). The third-order valence-electron chi connectivity index (χ3n) is 4.11. The molecule has 0 aliphatic carbocycles. The van der Waals surface area contributed by atoms with Gasteiger partial charge in [0.1, 0.15) is 6.54 Å². The zero-order chi connectivity index (χ0) is 22.3. The highest BCUT2D eigenvalue weighted by Gasteiger charge is 2.31. The summed E-state index contributed by atoms with van der Waals surface area (Å²) < 4.78 is 40.3. The number of nitrogens with zero attached hydrogens (tertiary/aromatic N) is 2. The minimum atomic E-state index is -4.46. The van der Waals surface area contributed by atoms with Gasteiger partial charge in [0.15, 0.2) is 5.16 Å². The van der Waals surface area contributed by atoms with Crippen LogP contribution in [0, 0.1) is 0 Å². The molecule has 3 aromatic rings. The second-order valence-electron chi connectivity index (χ2n) is 6.50. The average molecular weight is 448 g/mol. The molecule has 0 atom stereocenters. The van der Waals surface area contributed by atoms with Gasteiger partial charge in [0, 0.05) is 6.54 Å². The molecule has 0 saturated heterocycles. The van der Waals surface area contributed by atoms with Crippen LogP contribution in [-0.2, 0) is 17.9 Å². The maximum absolute atomic E-state index is 13.1. The number of imide groups is 1. The molecule has 1 aromatic heterocycles. The highest BCUT2D eigenvalue weighted by atomic mass is 32.2. The molecular formula is C21H19F3N4O2S. The fourth-order valence-electron chi connectivity index (χ4n) is 2.76. The molecule has 31 heavy (non-hydrogen) atoms. The molecule has 0 aliphatic rings. The SMILES string of the molecule is O=C(CSc1ncc(-c2ccccc2)n1CC(F)(F)F)NC(=O)NCc1ccccc1. The number of rotatable bonds is 7. The van der Waals surface area contributed by atoms with Crippen molar-refractivity contribution in [1.29, 1.82) is 0 Å². The van der Waals surface area contributed by atoms with Crippen molar-refractivity contribution in [3.63, 3.8) is 0 Å². The summed E-state index contributed by atoms with van der Waals surface area (Å²) >= 11 is 0.828. The van der Waals surface area contributed by atoms with Crippen LogP contribution in [-0.4, -0.2) is 33.4 Å². The first kappa shape index (κ1) is 22.4. The van der Waals surface area contributed by atoms with Crippen LogP contribution in [0.15, 0.2) is 72.0 Å². The van der Waals surface area contributed by atoms with Crippen molar-refractivity contribution in [2.45, 2.75) is 24.4 Å². The summed E-state index contributed by atoms with van der Waals surface area (Å²) in [6.45, 7) is -0.998. The van der Waals surface area contributed by atoms with Gasteiger partial charge < -0.3 is 9.88 Å². The number of hydrogen-bond donors (Lipinski definition) is 2. The molecule has 0 fully saturated rings. The number of carbonyl (C=O) groups is 2. The van der Waals surface area contributed by atoms with Crippen LogP contribution in [0.25, 0.3) is 11.3 Å². The first-order valence-electron chi connectivity index (χ1n) is 9.24. The molecule has 0 radical (unpaired) electrons. The van der Waals surface area contributed by atoms with Gasteiger partial charge in [-0.1, -0.05) is 72.4 Å². The molecule has 0 unspecified atom stereocenters. The number of nitrogens with one attached hydrogen (secondary N) is 2. The van der Waals surface area contributed by atoms with Crippen LogP contribution < -0.4 is 10.6 Å². The molecule has 0 spiro atoms. The van der Waals surface area contributed by atoms with Gasteiger partial charge in [0.2, 0.25) is 5.91 Å². The lowest BCUT2D eigenvalue weighted by Gasteiger charge is -2.14. The lowest BCUT2D eigenvalue weighted by atomic mass is 10.2. The Hall–Kier alpha value is -3.27. The number of thioether (sulfide) groups is 1. The van der Waals surface area contributed by atoms with E-state index in [1.807, 2.05) is 30.3 Å². The third-order valence-corrected chi connectivity index (χ3v) is 5.10. The maximum atomic E-state index is 13.1. The molecule has 10 heteroatoms. The fraction of sp³-hybridized carbons (Fsp3) is 0.190. The predicted octanol–water partition coefficient (Wildman–Crippen LogP) is 4.23. The number of benzene rings is 2. The van der Waals surface area contributed by atoms with Crippen molar-refractivity contribution in [2.24, 2.45) is 0 Å². The normalized spacial score (nSPS) is 11.2. The summed E-state index contributed by atoms with van der Waals surface area (Å²) in [6.07, 6.45) is -3.12. The topological polar surface area (TPSA) is 76.0 Å². The van der Waals surface area contributed by atoms with E-state index in [9.17, 15) is 22.8 Å². The van der Waals surface area contributed by atoms with E-state index in [0.717, 1.165) is 21.9 Å². The Labute approximate surface area is 180 Å². The number of halogens is 3. The van der Waals surface area contributed by atoms with Crippen LogP contribution in [0.2, 0.25) is 0 Å².